The lowest BCUT2D eigenvalue weighted by atomic mass is 10.0. The molecule has 2 heterocycles. The molecule has 5 nitrogen and oxygen atoms in total. The van der Waals surface area contributed by atoms with Gasteiger partial charge in [0.15, 0.2) is 5.82 Å². The highest BCUT2D eigenvalue weighted by Crippen LogP contribution is 2.24. The van der Waals surface area contributed by atoms with E-state index in [1.165, 1.54) is 17.2 Å². The second-order valence-electron chi connectivity index (χ2n) is 6.53. The molecular formula is C19H24FN3O2. The van der Waals surface area contributed by atoms with Gasteiger partial charge in [-0.1, -0.05) is 6.07 Å². The molecule has 0 unspecified atom stereocenters. The van der Waals surface area contributed by atoms with Crippen LogP contribution in [-0.2, 0) is 6.54 Å². The van der Waals surface area contributed by atoms with Crippen molar-refractivity contribution < 1.29 is 9.13 Å². The highest BCUT2D eigenvalue weighted by atomic mass is 19.1. The second-order valence-corrected chi connectivity index (χ2v) is 6.53. The number of aromatic nitrogens is 1. The minimum Gasteiger partial charge on any atom is -0.496 e. The van der Waals surface area contributed by atoms with Crippen LogP contribution in [0.5, 0.6) is 5.75 Å². The first-order valence-corrected chi connectivity index (χ1v) is 8.48. The summed E-state index contributed by atoms with van der Waals surface area (Å²) in [5, 5.41) is 0. The number of rotatable bonds is 4. The molecule has 2 aromatic rings. The number of nitrogens with zero attached hydrogens (tertiary/aromatic N) is 2. The molecule has 0 aliphatic carbocycles. The van der Waals surface area contributed by atoms with Crippen LogP contribution in [-0.4, -0.2) is 43.2 Å². The van der Waals surface area contributed by atoms with Crippen molar-refractivity contribution in [3.05, 3.63) is 57.1 Å². The van der Waals surface area contributed by atoms with E-state index in [0.717, 1.165) is 44.0 Å². The Morgan fingerprint density at radius 3 is 2.48 bits per heavy atom. The standard InChI is InChI=1S/C19H24FN3O2/c1-13-11-17(25-3)14(2)10-15(13)12-22-6-8-23(9-7-22)18-5-4-16(20)19(24)21-18/h4-5,10-11H,6-9,12H2,1-3H3,(H,21,24). The molecule has 0 amide bonds. The summed E-state index contributed by atoms with van der Waals surface area (Å²) < 4.78 is 18.5. The lowest BCUT2D eigenvalue weighted by Gasteiger charge is -2.36. The predicted molar refractivity (Wildman–Crippen MR) is 97.0 cm³/mol. The number of methoxy groups -OCH3 is 1. The summed E-state index contributed by atoms with van der Waals surface area (Å²) in [6.45, 7) is 8.45. The van der Waals surface area contributed by atoms with Crippen molar-refractivity contribution in [3.8, 4) is 5.75 Å². The number of pyridine rings is 1. The van der Waals surface area contributed by atoms with Crippen LogP contribution in [0.4, 0.5) is 10.2 Å². The molecule has 1 aliphatic heterocycles. The molecule has 1 saturated heterocycles. The molecule has 0 saturated carbocycles. The van der Waals surface area contributed by atoms with Gasteiger partial charge in [0.25, 0.3) is 5.56 Å². The Kier molecular flexibility index (Phi) is 5.08. The number of benzene rings is 1. The molecule has 0 radical (unpaired) electrons. The van der Waals surface area contributed by atoms with Gasteiger partial charge in [-0.3, -0.25) is 9.69 Å². The summed E-state index contributed by atoms with van der Waals surface area (Å²) in [6.07, 6.45) is 0. The molecule has 1 aliphatic rings. The van der Waals surface area contributed by atoms with Crippen molar-refractivity contribution in [1.29, 1.82) is 0 Å². The maximum Gasteiger partial charge on any atom is 0.285 e. The lowest BCUT2D eigenvalue weighted by molar-refractivity contribution is 0.248. The zero-order valence-electron chi connectivity index (χ0n) is 14.9. The minimum absolute atomic E-state index is 0.663. The summed E-state index contributed by atoms with van der Waals surface area (Å²) in [5.41, 5.74) is 3.02. The number of H-pyrrole nitrogens is 1. The van der Waals surface area contributed by atoms with Crippen molar-refractivity contribution in [2.45, 2.75) is 20.4 Å². The van der Waals surface area contributed by atoms with Gasteiger partial charge in [0.05, 0.1) is 7.11 Å². The van der Waals surface area contributed by atoms with Crippen LogP contribution in [0.15, 0.2) is 29.1 Å². The Morgan fingerprint density at radius 2 is 1.84 bits per heavy atom. The molecule has 0 spiro atoms. The third-order valence-corrected chi connectivity index (χ3v) is 4.81. The summed E-state index contributed by atoms with van der Waals surface area (Å²) in [6, 6.07) is 7.13. The van der Waals surface area contributed by atoms with Crippen LogP contribution < -0.4 is 15.2 Å². The average Bonchev–Trinajstić information content (AvgIpc) is 2.61. The number of hydrogen-bond acceptors (Lipinski definition) is 4. The van der Waals surface area contributed by atoms with E-state index in [9.17, 15) is 9.18 Å². The first-order chi connectivity index (χ1) is 12.0. The Labute approximate surface area is 147 Å². The van der Waals surface area contributed by atoms with Gasteiger partial charge in [0, 0.05) is 32.7 Å². The number of hydrogen-bond donors (Lipinski definition) is 1. The maximum atomic E-state index is 13.1. The third-order valence-electron chi connectivity index (χ3n) is 4.81. The van der Waals surface area contributed by atoms with Crippen molar-refractivity contribution in [3.63, 3.8) is 0 Å². The van der Waals surface area contributed by atoms with Gasteiger partial charge in [-0.2, -0.15) is 0 Å². The molecule has 0 atom stereocenters. The van der Waals surface area contributed by atoms with Crippen molar-refractivity contribution in [2.24, 2.45) is 0 Å². The molecule has 6 heteroatoms. The lowest BCUT2D eigenvalue weighted by Crippen LogP contribution is -2.46. The normalized spacial score (nSPS) is 15.4. The van der Waals surface area contributed by atoms with Gasteiger partial charge >= 0.3 is 0 Å². The first-order valence-electron chi connectivity index (χ1n) is 8.48. The number of piperazine rings is 1. The monoisotopic (exact) mass is 345 g/mol. The molecule has 1 aromatic heterocycles. The topological polar surface area (TPSA) is 48.6 Å². The van der Waals surface area contributed by atoms with E-state index in [1.807, 2.05) is 0 Å². The number of nitrogens with one attached hydrogen (secondary N) is 1. The van der Waals surface area contributed by atoms with Gasteiger partial charge in [-0.25, -0.2) is 4.39 Å². The summed E-state index contributed by atoms with van der Waals surface area (Å²) in [5.74, 6) is 0.863. The number of aryl methyl sites for hydroxylation is 2. The maximum absolute atomic E-state index is 13.1. The van der Waals surface area contributed by atoms with Crippen molar-refractivity contribution >= 4 is 5.82 Å². The van der Waals surface area contributed by atoms with E-state index in [1.54, 1.807) is 13.2 Å². The Hall–Kier alpha value is -2.34. The van der Waals surface area contributed by atoms with Crippen LogP contribution in [0.3, 0.4) is 0 Å². The van der Waals surface area contributed by atoms with Crippen molar-refractivity contribution in [2.75, 3.05) is 38.2 Å². The molecule has 1 N–H and O–H groups in total. The fourth-order valence-electron chi connectivity index (χ4n) is 3.26. The van der Waals surface area contributed by atoms with Crippen molar-refractivity contribution in [1.82, 2.24) is 9.88 Å². The number of ether oxygens (including phenoxy) is 1. The summed E-state index contributed by atoms with van der Waals surface area (Å²) >= 11 is 0. The SMILES string of the molecule is COc1cc(C)c(CN2CCN(c3ccc(F)c(=O)[nH]3)CC2)cc1C. The third kappa shape index (κ3) is 3.85. The molecule has 1 aromatic carbocycles. The Bertz CT molecular complexity index is 811. The fraction of sp³-hybridized carbons (Fsp3) is 0.421. The molecule has 3 rings (SSSR count). The number of aromatic amines is 1. The molecule has 1 fully saturated rings. The van der Waals surface area contributed by atoms with E-state index in [-0.39, 0.29) is 0 Å². The molecule has 134 valence electrons. The first kappa shape index (κ1) is 17.5. The van der Waals surface area contributed by atoms with E-state index >= 15 is 0 Å². The van der Waals surface area contributed by atoms with Crippen LogP contribution in [0.25, 0.3) is 0 Å². The average molecular weight is 345 g/mol. The van der Waals surface area contributed by atoms with Gasteiger partial charge in [0.1, 0.15) is 11.6 Å². The summed E-state index contributed by atoms with van der Waals surface area (Å²) in [4.78, 5) is 18.5. The van der Waals surface area contributed by atoms with Crippen LogP contribution in [0.2, 0.25) is 0 Å². The Morgan fingerprint density at radius 1 is 1.12 bits per heavy atom. The van der Waals surface area contributed by atoms with Gasteiger partial charge in [-0.15, -0.1) is 0 Å². The van der Waals surface area contributed by atoms with Gasteiger partial charge in [-0.05, 0) is 48.7 Å². The predicted octanol–water partition coefficient (Wildman–Crippen LogP) is 2.46. The molecule has 25 heavy (non-hydrogen) atoms. The Balaban J connectivity index is 1.64. The fourth-order valence-corrected chi connectivity index (χ4v) is 3.26. The summed E-state index contributed by atoms with van der Waals surface area (Å²) in [7, 11) is 1.69. The zero-order chi connectivity index (χ0) is 18.0. The van der Waals surface area contributed by atoms with Gasteiger partial charge < -0.3 is 14.6 Å². The number of halogens is 1. The van der Waals surface area contributed by atoms with E-state index in [2.05, 4.69) is 40.8 Å². The van der Waals surface area contributed by atoms with Crippen LogP contribution in [0.1, 0.15) is 16.7 Å². The van der Waals surface area contributed by atoms with E-state index in [4.69, 9.17) is 4.74 Å². The highest BCUT2D eigenvalue weighted by molar-refractivity contribution is 5.42. The molecule has 0 bridgehead atoms. The van der Waals surface area contributed by atoms with E-state index in [0.29, 0.717) is 5.82 Å². The second kappa shape index (κ2) is 7.27. The van der Waals surface area contributed by atoms with Crippen LogP contribution in [0, 0.1) is 19.7 Å². The van der Waals surface area contributed by atoms with E-state index < -0.39 is 11.4 Å². The smallest absolute Gasteiger partial charge is 0.285 e. The molecular weight excluding hydrogens is 321 g/mol. The highest BCUT2D eigenvalue weighted by Gasteiger charge is 2.19. The number of anilines is 1. The van der Waals surface area contributed by atoms with Crippen LogP contribution >= 0.6 is 0 Å². The van der Waals surface area contributed by atoms with Gasteiger partial charge in [0.2, 0.25) is 0 Å². The minimum atomic E-state index is -0.743. The largest absolute Gasteiger partial charge is 0.496 e. The quantitative estimate of drug-likeness (QED) is 0.925. The zero-order valence-corrected chi connectivity index (χ0v) is 14.9.